The van der Waals surface area contributed by atoms with Crippen molar-refractivity contribution in [1.29, 1.82) is 0 Å². The molecule has 2 aromatic rings. The van der Waals surface area contributed by atoms with Gasteiger partial charge in [-0.1, -0.05) is 20.8 Å². The van der Waals surface area contributed by atoms with Gasteiger partial charge in [-0.15, -0.1) is 0 Å². The fourth-order valence-electron chi connectivity index (χ4n) is 2.38. The van der Waals surface area contributed by atoms with E-state index in [1.165, 1.54) is 0 Å². The van der Waals surface area contributed by atoms with Gasteiger partial charge in [0.2, 0.25) is 5.91 Å². The van der Waals surface area contributed by atoms with Crippen LogP contribution in [0.5, 0.6) is 5.75 Å². The molecule has 32 heavy (non-hydrogen) atoms. The quantitative estimate of drug-likeness (QED) is 0.376. The predicted octanol–water partition coefficient (Wildman–Crippen LogP) is 3.41. The monoisotopic (exact) mass is 456 g/mol. The summed E-state index contributed by atoms with van der Waals surface area (Å²) in [6, 6.07) is 13.1. The molecule has 0 aliphatic carbocycles. The molecule has 9 heteroatoms. The molecular weight excluding hydrogens is 428 g/mol. The third-order valence-corrected chi connectivity index (χ3v) is 4.69. The minimum absolute atomic E-state index is 0.0518. The van der Waals surface area contributed by atoms with E-state index in [1.807, 2.05) is 13.8 Å². The zero-order valence-corrected chi connectivity index (χ0v) is 19.3. The van der Waals surface area contributed by atoms with Gasteiger partial charge < -0.3 is 10.1 Å². The van der Waals surface area contributed by atoms with Crippen LogP contribution in [0.1, 0.15) is 54.8 Å². The Hall–Kier alpha value is -3.46. The average molecular weight is 457 g/mol. The molecule has 0 aromatic heterocycles. The van der Waals surface area contributed by atoms with Crippen molar-refractivity contribution in [2.45, 2.75) is 40.2 Å². The normalized spacial score (nSPS) is 11.3. The van der Waals surface area contributed by atoms with Gasteiger partial charge in [0.15, 0.2) is 5.11 Å². The second-order valence-corrected chi connectivity index (χ2v) is 7.85. The summed E-state index contributed by atoms with van der Waals surface area (Å²) in [7, 11) is 0. The molecule has 8 nitrogen and oxygen atoms in total. The number of carbonyl (C=O) groups is 3. The van der Waals surface area contributed by atoms with Crippen LogP contribution in [-0.4, -0.2) is 28.9 Å². The van der Waals surface area contributed by atoms with E-state index >= 15 is 0 Å². The van der Waals surface area contributed by atoms with Crippen LogP contribution in [0, 0.1) is 5.92 Å². The number of thiocarbonyl (C=S) groups is 1. The molecule has 0 spiro atoms. The summed E-state index contributed by atoms with van der Waals surface area (Å²) in [4.78, 5) is 36.3. The lowest BCUT2D eigenvalue weighted by Gasteiger charge is -2.13. The highest BCUT2D eigenvalue weighted by Crippen LogP contribution is 2.15. The van der Waals surface area contributed by atoms with Crippen molar-refractivity contribution in [3.8, 4) is 5.75 Å². The Morgan fingerprint density at radius 3 is 2.00 bits per heavy atom. The molecule has 1 unspecified atom stereocenters. The molecule has 0 bridgehead atoms. The number of ether oxygens (including phenoxy) is 1. The average Bonchev–Trinajstić information content (AvgIpc) is 2.78. The van der Waals surface area contributed by atoms with Crippen LogP contribution in [0.4, 0.5) is 5.69 Å². The van der Waals surface area contributed by atoms with Crippen LogP contribution < -0.4 is 26.2 Å². The minimum Gasteiger partial charge on any atom is -0.491 e. The topological polar surface area (TPSA) is 109 Å². The number of nitrogens with one attached hydrogen (secondary N) is 4. The zero-order chi connectivity index (χ0) is 23.7. The number of anilines is 1. The van der Waals surface area contributed by atoms with E-state index < -0.39 is 11.8 Å². The van der Waals surface area contributed by atoms with E-state index in [9.17, 15) is 14.4 Å². The molecule has 0 aliphatic heterocycles. The fourth-order valence-corrected chi connectivity index (χ4v) is 2.53. The van der Waals surface area contributed by atoms with Crippen LogP contribution in [0.15, 0.2) is 48.5 Å². The maximum atomic E-state index is 12.3. The fraction of sp³-hybridized carbons (Fsp3) is 0.304. The van der Waals surface area contributed by atoms with Gasteiger partial charge in [-0.3, -0.25) is 30.6 Å². The summed E-state index contributed by atoms with van der Waals surface area (Å²) in [5.41, 5.74) is 6.26. The molecule has 3 amide bonds. The van der Waals surface area contributed by atoms with E-state index in [1.54, 1.807) is 62.4 Å². The standard InChI is InChI=1S/C23H28N4O4S/c1-5-15(4)31-19-12-8-16(9-13-19)21(29)25-23(32)27-26-22(30)17-6-10-18(11-7-17)24-20(28)14(2)3/h6-15H,5H2,1-4H3,(H,24,28)(H,26,30)(H2,25,27,29,32). The Morgan fingerprint density at radius 2 is 1.44 bits per heavy atom. The lowest BCUT2D eigenvalue weighted by atomic mass is 10.1. The Balaban J connectivity index is 1.82. The summed E-state index contributed by atoms with van der Waals surface area (Å²) in [5, 5.41) is 5.19. The Morgan fingerprint density at radius 1 is 0.875 bits per heavy atom. The number of rotatable bonds is 7. The van der Waals surface area contributed by atoms with Crippen molar-refractivity contribution in [2.75, 3.05) is 5.32 Å². The van der Waals surface area contributed by atoms with Crippen molar-refractivity contribution in [2.24, 2.45) is 5.92 Å². The number of benzene rings is 2. The highest BCUT2D eigenvalue weighted by molar-refractivity contribution is 7.80. The van der Waals surface area contributed by atoms with E-state index in [-0.39, 0.29) is 23.0 Å². The number of amides is 3. The van der Waals surface area contributed by atoms with Gasteiger partial charge in [0.05, 0.1) is 6.10 Å². The van der Waals surface area contributed by atoms with E-state index in [0.29, 0.717) is 22.6 Å². The Kier molecular flexibility index (Phi) is 9.15. The number of hydrazine groups is 1. The van der Waals surface area contributed by atoms with Gasteiger partial charge in [0, 0.05) is 22.7 Å². The predicted molar refractivity (Wildman–Crippen MR) is 127 cm³/mol. The molecule has 0 saturated carbocycles. The molecule has 2 rings (SSSR count). The van der Waals surface area contributed by atoms with Gasteiger partial charge in [0.1, 0.15) is 5.75 Å². The molecule has 0 heterocycles. The third-order valence-electron chi connectivity index (χ3n) is 4.48. The Bertz CT molecular complexity index is 959. The molecule has 0 fully saturated rings. The highest BCUT2D eigenvalue weighted by atomic mass is 32.1. The van der Waals surface area contributed by atoms with Crippen molar-refractivity contribution in [1.82, 2.24) is 16.2 Å². The number of carbonyl (C=O) groups excluding carboxylic acids is 3. The first-order valence-electron chi connectivity index (χ1n) is 10.3. The molecule has 170 valence electrons. The van der Waals surface area contributed by atoms with Crippen molar-refractivity contribution < 1.29 is 19.1 Å². The van der Waals surface area contributed by atoms with E-state index in [2.05, 4.69) is 21.5 Å². The molecule has 0 saturated heterocycles. The second kappa shape index (κ2) is 11.8. The molecule has 1 atom stereocenters. The molecular formula is C23H28N4O4S. The van der Waals surface area contributed by atoms with Crippen molar-refractivity contribution >= 4 is 40.7 Å². The maximum absolute atomic E-state index is 12.3. The van der Waals surface area contributed by atoms with E-state index in [4.69, 9.17) is 17.0 Å². The lowest BCUT2D eigenvalue weighted by Crippen LogP contribution is -2.48. The first-order valence-corrected chi connectivity index (χ1v) is 10.7. The first kappa shape index (κ1) is 24.8. The Labute approximate surface area is 193 Å². The minimum atomic E-state index is -0.449. The molecule has 0 aliphatic rings. The smallest absolute Gasteiger partial charge is 0.269 e. The van der Waals surface area contributed by atoms with E-state index in [0.717, 1.165) is 6.42 Å². The molecule has 4 N–H and O–H groups in total. The zero-order valence-electron chi connectivity index (χ0n) is 18.5. The van der Waals surface area contributed by atoms with Crippen molar-refractivity contribution in [3.63, 3.8) is 0 Å². The van der Waals surface area contributed by atoms with Crippen LogP contribution in [0.3, 0.4) is 0 Å². The van der Waals surface area contributed by atoms with Crippen LogP contribution in [0.2, 0.25) is 0 Å². The van der Waals surface area contributed by atoms with Gasteiger partial charge in [0.25, 0.3) is 11.8 Å². The van der Waals surface area contributed by atoms with Gasteiger partial charge >= 0.3 is 0 Å². The van der Waals surface area contributed by atoms with Gasteiger partial charge in [-0.25, -0.2) is 0 Å². The van der Waals surface area contributed by atoms with Gasteiger partial charge in [-0.05, 0) is 74.1 Å². The summed E-state index contributed by atoms with van der Waals surface area (Å²) in [5.74, 6) is -0.442. The summed E-state index contributed by atoms with van der Waals surface area (Å²) in [6.45, 7) is 7.59. The van der Waals surface area contributed by atoms with Crippen LogP contribution in [0.25, 0.3) is 0 Å². The van der Waals surface area contributed by atoms with Gasteiger partial charge in [-0.2, -0.15) is 0 Å². The summed E-state index contributed by atoms with van der Waals surface area (Å²) < 4.78 is 5.68. The number of hydrogen-bond donors (Lipinski definition) is 4. The van der Waals surface area contributed by atoms with Crippen molar-refractivity contribution in [3.05, 3.63) is 59.7 Å². The number of hydrogen-bond acceptors (Lipinski definition) is 5. The first-order chi connectivity index (χ1) is 15.2. The summed E-state index contributed by atoms with van der Waals surface area (Å²) >= 11 is 5.06. The second-order valence-electron chi connectivity index (χ2n) is 7.44. The molecule has 0 radical (unpaired) electrons. The summed E-state index contributed by atoms with van der Waals surface area (Å²) in [6.07, 6.45) is 0.970. The van der Waals surface area contributed by atoms with Crippen LogP contribution in [-0.2, 0) is 4.79 Å². The lowest BCUT2D eigenvalue weighted by molar-refractivity contribution is -0.118. The molecule has 2 aromatic carbocycles. The maximum Gasteiger partial charge on any atom is 0.269 e. The highest BCUT2D eigenvalue weighted by Gasteiger charge is 2.11. The third kappa shape index (κ3) is 7.66. The SMILES string of the molecule is CCC(C)Oc1ccc(C(=O)NC(=S)NNC(=O)c2ccc(NC(=O)C(C)C)cc2)cc1. The largest absolute Gasteiger partial charge is 0.491 e. The van der Waals surface area contributed by atoms with Crippen LogP contribution >= 0.6 is 12.2 Å².